The van der Waals surface area contributed by atoms with Crippen molar-refractivity contribution in [1.29, 1.82) is 0 Å². The number of carbonyl (C=O) groups excluding carboxylic acids is 4. The zero-order valence-electron chi connectivity index (χ0n) is 26.2. The lowest BCUT2D eigenvalue weighted by molar-refractivity contribution is -0.126. The molecule has 4 amide bonds. The number of benzene rings is 3. The smallest absolute Gasteiger partial charge is 0.339 e. The molecule has 250 valence electrons. The molecule has 4 aliphatic rings. The van der Waals surface area contributed by atoms with Gasteiger partial charge in [-0.05, 0) is 73.6 Å². The summed E-state index contributed by atoms with van der Waals surface area (Å²) in [5.74, 6) is -11.3. The third kappa shape index (κ3) is 4.60. The Hall–Kier alpha value is -5.98. The van der Waals surface area contributed by atoms with Gasteiger partial charge in [0.2, 0.25) is 23.6 Å². The molecule has 2 aliphatic heterocycles. The third-order valence-corrected chi connectivity index (χ3v) is 10.5. The van der Waals surface area contributed by atoms with Crippen molar-refractivity contribution in [2.24, 2.45) is 29.6 Å². The van der Waals surface area contributed by atoms with Gasteiger partial charge >= 0.3 is 11.9 Å². The minimum atomic E-state index is -1.39. The number of carboxylic acids is 2. The number of aryl methyl sites for hydroxylation is 2. The minimum Gasteiger partial charge on any atom is -0.507 e. The standard InChI is InChI=1S/C36H30N2O11/c1-14-9-16(10-15(2)30(14)41)27-19-7-8-22-28(33(44)37(31(22)42)17-3-5-20(35(46)47)25(39)11-17)23(19)13-24-29(27)34(45)38(32(24)43)18-4-6-21(36(48)49)26(40)12-18/h3-7,9-12,22-24,27-29,39-41H,8,13H2,1-2H3,(H,46,47)(H,48,49)/t22-,23+,24+,27-,28-,29+/m0/s1. The Morgan fingerprint density at radius 1 is 0.653 bits per heavy atom. The van der Waals surface area contributed by atoms with E-state index >= 15 is 0 Å². The van der Waals surface area contributed by atoms with E-state index in [1.54, 1.807) is 26.0 Å². The molecule has 0 radical (unpaired) electrons. The molecule has 3 fully saturated rings. The molecular formula is C36H30N2O11. The average molecular weight is 667 g/mol. The van der Waals surface area contributed by atoms with E-state index in [1.807, 2.05) is 6.08 Å². The highest BCUT2D eigenvalue weighted by molar-refractivity contribution is 6.24. The van der Waals surface area contributed by atoms with Crippen LogP contribution in [0.25, 0.3) is 0 Å². The molecule has 5 N–H and O–H groups in total. The fourth-order valence-electron chi connectivity index (χ4n) is 8.32. The maximum atomic E-state index is 14.3. The van der Waals surface area contributed by atoms with Crippen molar-refractivity contribution in [2.75, 3.05) is 9.80 Å². The van der Waals surface area contributed by atoms with E-state index < -0.39 is 93.7 Å². The van der Waals surface area contributed by atoms with Gasteiger partial charge < -0.3 is 25.5 Å². The van der Waals surface area contributed by atoms with Crippen LogP contribution in [0.15, 0.2) is 60.2 Å². The molecule has 0 spiro atoms. The van der Waals surface area contributed by atoms with E-state index in [0.717, 1.165) is 34.1 Å². The van der Waals surface area contributed by atoms with Crippen molar-refractivity contribution in [1.82, 2.24) is 0 Å². The number of phenolic OH excluding ortho intramolecular Hbond substituents is 1. The number of carbonyl (C=O) groups is 6. The second kappa shape index (κ2) is 11.0. The molecular weight excluding hydrogens is 636 g/mol. The van der Waals surface area contributed by atoms with Crippen LogP contribution in [-0.2, 0) is 19.2 Å². The quantitative estimate of drug-likeness (QED) is 0.195. The van der Waals surface area contributed by atoms with Gasteiger partial charge in [-0.2, -0.15) is 0 Å². The van der Waals surface area contributed by atoms with Gasteiger partial charge in [0.1, 0.15) is 28.4 Å². The number of rotatable bonds is 5. The maximum absolute atomic E-state index is 14.3. The Kier molecular flexibility index (Phi) is 7.12. The molecule has 2 aliphatic carbocycles. The fraction of sp³-hybridized carbons (Fsp3) is 0.278. The van der Waals surface area contributed by atoms with Crippen molar-refractivity contribution in [3.05, 3.63) is 88.0 Å². The predicted octanol–water partition coefficient (Wildman–Crippen LogP) is 3.86. The highest BCUT2D eigenvalue weighted by Crippen LogP contribution is 2.59. The van der Waals surface area contributed by atoms with E-state index in [0.29, 0.717) is 22.3 Å². The van der Waals surface area contributed by atoms with E-state index in [4.69, 9.17) is 0 Å². The molecule has 13 nitrogen and oxygen atoms in total. The number of hydrogen-bond acceptors (Lipinski definition) is 9. The first kappa shape index (κ1) is 31.6. The number of aromatic carboxylic acids is 2. The Balaban J connectivity index is 1.33. The van der Waals surface area contributed by atoms with Gasteiger partial charge in [-0.3, -0.25) is 19.2 Å². The van der Waals surface area contributed by atoms with Crippen molar-refractivity contribution in [2.45, 2.75) is 32.6 Å². The number of anilines is 2. The van der Waals surface area contributed by atoms with Crippen LogP contribution in [0.2, 0.25) is 0 Å². The molecule has 49 heavy (non-hydrogen) atoms. The van der Waals surface area contributed by atoms with Gasteiger partial charge in [0.15, 0.2) is 0 Å². The average Bonchev–Trinajstić information content (AvgIpc) is 3.45. The number of hydrogen-bond donors (Lipinski definition) is 5. The predicted molar refractivity (Wildman–Crippen MR) is 170 cm³/mol. The molecule has 3 aromatic rings. The van der Waals surface area contributed by atoms with Gasteiger partial charge in [-0.1, -0.05) is 23.8 Å². The molecule has 0 bridgehead atoms. The Labute approximate surface area is 278 Å². The van der Waals surface area contributed by atoms with Crippen molar-refractivity contribution < 1.29 is 54.3 Å². The van der Waals surface area contributed by atoms with E-state index in [-0.39, 0.29) is 30.0 Å². The lowest BCUT2D eigenvalue weighted by Gasteiger charge is -2.44. The summed E-state index contributed by atoms with van der Waals surface area (Å²) < 4.78 is 0. The fourth-order valence-corrected chi connectivity index (χ4v) is 8.32. The lowest BCUT2D eigenvalue weighted by Crippen LogP contribution is -2.43. The van der Waals surface area contributed by atoms with Crippen LogP contribution in [-0.4, -0.2) is 61.1 Å². The summed E-state index contributed by atoms with van der Waals surface area (Å²) in [7, 11) is 0. The van der Waals surface area contributed by atoms with Crippen molar-refractivity contribution in [3.63, 3.8) is 0 Å². The first-order valence-electron chi connectivity index (χ1n) is 15.6. The number of fused-ring (bicyclic) bond motifs is 4. The summed E-state index contributed by atoms with van der Waals surface area (Å²) in [6.07, 6.45) is 2.04. The SMILES string of the molecule is Cc1cc([C@H]2C3=CC[C@@H]4C(=O)N(c5ccc(C(=O)O)c(O)c5)C(=O)[C@@H]4[C@@H]3C[C@H]3C(=O)N(c4ccc(C(=O)O)c(O)c4)C(=O)[C@@H]23)cc(C)c1O. The van der Waals surface area contributed by atoms with Gasteiger partial charge in [0.05, 0.1) is 35.0 Å². The molecule has 3 aromatic carbocycles. The molecule has 6 atom stereocenters. The number of allylic oxidation sites excluding steroid dienone is 2. The summed E-state index contributed by atoms with van der Waals surface area (Å²) >= 11 is 0. The molecule has 0 unspecified atom stereocenters. The number of amides is 4. The molecule has 2 saturated heterocycles. The van der Waals surface area contributed by atoms with Gasteiger partial charge in [-0.25, -0.2) is 19.4 Å². The summed E-state index contributed by atoms with van der Waals surface area (Å²) in [5.41, 5.74) is 1.59. The van der Waals surface area contributed by atoms with Crippen LogP contribution in [0, 0.1) is 43.4 Å². The summed E-state index contributed by atoms with van der Waals surface area (Å²) in [5, 5.41) is 50.0. The second-order valence-corrected chi connectivity index (χ2v) is 13.1. The Bertz CT molecular complexity index is 2060. The lowest BCUT2D eigenvalue weighted by atomic mass is 9.57. The zero-order chi connectivity index (χ0) is 35.2. The van der Waals surface area contributed by atoms with Crippen LogP contribution in [0.1, 0.15) is 56.2 Å². The summed E-state index contributed by atoms with van der Waals surface area (Å²) in [6, 6.07) is 10.3. The number of nitrogens with zero attached hydrogens (tertiary/aromatic N) is 2. The van der Waals surface area contributed by atoms with Crippen molar-refractivity contribution in [3.8, 4) is 17.2 Å². The van der Waals surface area contributed by atoms with Crippen LogP contribution in [0.5, 0.6) is 17.2 Å². The first-order valence-corrected chi connectivity index (χ1v) is 15.6. The first-order chi connectivity index (χ1) is 23.2. The van der Waals surface area contributed by atoms with E-state index in [1.165, 1.54) is 12.1 Å². The van der Waals surface area contributed by atoms with Crippen LogP contribution >= 0.6 is 0 Å². The third-order valence-electron chi connectivity index (χ3n) is 10.5. The number of phenols is 3. The maximum Gasteiger partial charge on any atom is 0.339 e. The van der Waals surface area contributed by atoms with Crippen LogP contribution in [0.3, 0.4) is 0 Å². The Morgan fingerprint density at radius 3 is 1.63 bits per heavy atom. The molecule has 1 saturated carbocycles. The van der Waals surface area contributed by atoms with Crippen molar-refractivity contribution >= 4 is 46.9 Å². The second-order valence-electron chi connectivity index (χ2n) is 13.1. The van der Waals surface area contributed by atoms with Gasteiger partial charge in [-0.15, -0.1) is 0 Å². The zero-order valence-corrected chi connectivity index (χ0v) is 26.2. The number of aromatic hydroxyl groups is 3. The monoisotopic (exact) mass is 666 g/mol. The van der Waals surface area contributed by atoms with E-state index in [9.17, 15) is 54.3 Å². The van der Waals surface area contributed by atoms with Gasteiger partial charge in [0, 0.05) is 18.1 Å². The minimum absolute atomic E-state index is 0.00591. The van der Waals surface area contributed by atoms with Crippen LogP contribution in [0.4, 0.5) is 11.4 Å². The highest BCUT2D eigenvalue weighted by Gasteiger charge is 2.62. The summed E-state index contributed by atoms with van der Waals surface area (Å²) in [4.78, 5) is 81.3. The highest BCUT2D eigenvalue weighted by atomic mass is 16.4. The topological polar surface area (TPSA) is 210 Å². The summed E-state index contributed by atoms with van der Waals surface area (Å²) in [6.45, 7) is 3.41. The molecule has 7 rings (SSSR count). The number of carboxylic acid groups (broad SMARTS) is 2. The normalized spacial score (nSPS) is 26.0. The van der Waals surface area contributed by atoms with Gasteiger partial charge in [0.25, 0.3) is 0 Å². The van der Waals surface area contributed by atoms with Crippen LogP contribution < -0.4 is 9.80 Å². The largest absolute Gasteiger partial charge is 0.507 e. The molecule has 0 aromatic heterocycles. The Morgan fingerprint density at radius 2 is 1.14 bits per heavy atom. The molecule has 13 heteroatoms. The number of imide groups is 2. The van der Waals surface area contributed by atoms with E-state index in [2.05, 4.69) is 0 Å². The molecule has 2 heterocycles.